The minimum absolute atomic E-state index is 0.177. The van der Waals surface area contributed by atoms with E-state index in [2.05, 4.69) is 33.3 Å². The molecule has 0 aromatic heterocycles. The van der Waals surface area contributed by atoms with E-state index in [-0.39, 0.29) is 6.04 Å². The average Bonchev–Trinajstić information content (AvgIpc) is 2.77. The Balaban J connectivity index is 1.24. The molecule has 188 valence electrons. The van der Waals surface area contributed by atoms with Gasteiger partial charge in [0.25, 0.3) is 0 Å². The van der Waals surface area contributed by atoms with E-state index < -0.39 is 11.7 Å². The number of nitrogens with zero attached hydrogens (tertiary/aromatic N) is 2. The summed E-state index contributed by atoms with van der Waals surface area (Å²) in [5.41, 5.74) is 9.68. The lowest BCUT2D eigenvalue weighted by molar-refractivity contribution is -0.137. The normalized spacial score (nSPS) is 21.8. The predicted molar refractivity (Wildman–Crippen MR) is 135 cm³/mol. The molecule has 4 aliphatic rings. The molecule has 2 saturated heterocycles. The summed E-state index contributed by atoms with van der Waals surface area (Å²) in [5, 5.41) is 3.51. The van der Waals surface area contributed by atoms with Gasteiger partial charge in [0, 0.05) is 78.3 Å². The van der Waals surface area contributed by atoms with Gasteiger partial charge < -0.3 is 20.9 Å². The number of anilines is 2. The van der Waals surface area contributed by atoms with Gasteiger partial charge in [-0.3, -0.25) is 0 Å². The lowest BCUT2D eigenvalue weighted by Crippen LogP contribution is -2.59. The molecule has 2 aromatic rings. The van der Waals surface area contributed by atoms with Crippen LogP contribution in [0.3, 0.4) is 0 Å². The first-order valence-electron chi connectivity index (χ1n) is 12.8. The minimum Gasteiger partial charge on any atom is -0.382 e. The Labute approximate surface area is 209 Å². The summed E-state index contributed by atoms with van der Waals surface area (Å²) in [6.45, 7) is 5.59. The van der Waals surface area contributed by atoms with Crippen LogP contribution in [0.2, 0.25) is 0 Å². The summed E-state index contributed by atoms with van der Waals surface area (Å²) in [4.78, 5) is 6.57. The van der Waals surface area contributed by atoms with E-state index in [1.54, 1.807) is 0 Å². The van der Waals surface area contributed by atoms with Gasteiger partial charge in [-0.1, -0.05) is 24.2 Å². The highest BCUT2D eigenvalue weighted by atomic mass is 32.2. The van der Waals surface area contributed by atoms with Gasteiger partial charge >= 0.3 is 6.18 Å². The van der Waals surface area contributed by atoms with E-state index in [1.807, 2.05) is 0 Å². The van der Waals surface area contributed by atoms with Crippen molar-refractivity contribution in [3.63, 3.8) is 0 Å². The SMILES string of the molecule is NCCN1CCC(Nc2cc(C(F)(F)F)cc3c2Cc2ccc(N4CC5(CCC5)C4)cc2S3)CC1. The van der Waals surface area contributed by atoms with Crippen molar-refractivity contribution in [2.75, 3.05) is 49.5 Å². The molecule has 4 nitrogen and oxygen atoms in total. The van der Waals surface area contributed by atoms with E-state index in [4.69, 9.17) is 5.73 Å². The molecule has 2 aromatic carbocycles. The molecular weight excluding hydrogens is 469 g/mol. The Hall–Kier alpha value is -1.90. The summed E-state index contributed by atoms with van der Waals surface area (Å²) < 4.78 is 41.5. The van der Waals surface area contributed by atoms with Crippen LogP contribution in [0.25, 0.3) is 0 Å². The van der Waals surface area contributed by atoms with E-state index in [1.165, 1.54) is 54.4 Å². The molecule has 0 amide bonds. The number of rotatable bonds is 5. The van der Waals surface area contributed by atoms with Crippen LogP contribution in [-0.2, 0) is 12.6 Å². The number of nitrogens with one attached hydrogen (secondary N) is 1. The van der Waals surface area contributed by atoms with Crippen LogP contribution in [0.15, 0.2) is 40.1 Å². The van der Waals surface area contributed by atoms with Crippen molar-refractivity contribution in [1.29, 1.82) is 0 Å². The third-order valence-corrected chi connectivity index (χ3v) is 9.58. The fourth-order valence-corrected chi connectivity index (χ4v) is 7.32. The molecule has 0 bridgehead atoms. The Morgan fingerprint density at radius 2 is 1.83 bits per heavy atom. The molecule has 0 atom stereocenters. The first-order valence-corrected chi connectivity index (χ1v) is 13.6. The molecule has 1 saturated carbocycles. The quantitative estimate of drug-likeness (QED) is 0.477. The third kappa shape index (κ3) is 4.53. The van der Waals surface area contributed by atoms with Crippen LogP contribution >= 0.6 is 11.8 Å². The van der Waals surface area contributed by atoms with Gasteiger partial charge in [-0.25, -0.2) is 0 Å². The molecule has 6 rings (SSSR count). The standard InChI is InChI=1S/C27H33F3N4S/c28-27(29,30)19-13-23(32-20-4-9-33(10-5-20)11-8-31)22-12-18-2-3-21(15-24(18)35-25(22)14-19)34-16-26(17-34)6-1-7-26/h2-3,13-15,20,32H,1,4-12,16-17,31H2. The van der Waals surface area contributed by atoms with Crippen LogP contribution in [-0.4, -0.2) is 50.2 Å². The van der Waals surface area contributed by atoms with Crippen molar-refractivity contribution in [3.05, 3.63) is 47.0 Å². The second kappa shape index (κ2) is 8.89. The van der Waals surface area contributed by atoms with Crippen molar-refractivity contribution in [2.45, 2.75) is 60.5 Å². The lowest BCUT2D eigenvalue weighted by atomic mass is 9.63. The van der Waals surface area contributed by atoms with Crippen LogP contribution in [0, 0.1) is 5.41 Å². The van der Waals surface area contributed by atoms with E-state index >= 15 is 0 Å². The first kappa shape index (κ1) is 23.5. The van der Waals surface area contributed by atoms with Crippen LogP contribution in [0.5, 0.6) is 0 Å². The summed E-state index contributed by atoms with van der Waals surface area (Å²) in [6, 6.07) is 9.41. The number of hydrogen-bond donors (Lipinski definition) is 2. The van der Waals surface area contributed by atoms with Gasteiger partial charge in [-0.05, 0) is 61.1 Å². The Bertz CT molecular complexity index is 1100. The van der Waals surface area contributed by atoms with Crippen LogP contribution in [0.1, 0.15) is 48.8 Å². The summed E-state index contributed by atoms with van der Waals surface area (Å²) in [6.07, 6.45) is 2.12. The second-order valence-electron chi connectivity index (χ2n) is 10.8. The van der Waals surface area contributed by atoms with Gasteiger partial charge in [0.1, 0.15) is 0 Å². The average molecular weight is 503 g/mol. The molecule has 8 heteroatoms. The van der Waals surface area contributed by atoms with Crippen molar-refractivity contribution in [3.8, 4) is 0 Å². The predicted octanol–water partition coefficient (Wildman–Crippen LogP) is 5.59. The highest BCUT2D eigenvalue weighted by Crippen LogP contribution is 2.51. The maximum atomic E-state index is 13.8. The highest BCUT2D eigenvalue weighted by molar-refractivity contribution is 7.99. The Kier molecular flexibility index (Phi) is 5.97. The van der Waals surface area contributed by atoms with E-state index in [0.29, 0.717) is 24.1 Å². The van der Waals surface area contributed by atoms with Gasteiger partial charge in [0.15, 0.2) is 0 Å². The molecule has 3 aliphatic heterocycles. The zero-order valence-corrected chi connectivity index (χ0v) is 20.8. The number of nitrogens with two attached hydrogens (primary N) is 1. The first-order chi connectivity index (χ1) is 16.8. The number of hydrogen-bond acceptors (Lipinski definition) is 5. The van der Waals surface area contributed by atoms with Crippen LogP contribution < -0.4 is 16.0 Å². The second-order valence-corrected chi connectivity index (χ2v) is 11.9. The largest absolute Gasteiger partial charge is 0.416 e. The number of halogens is 3. The molecular formula is C27H33F3N4S. The third-order valence-electron chi connectivity index (χ3n) is 8.40. The van der Waals surface area contributed by atoms with E-state index in [0.717, 1.165) is 60.9 Å². The zero-order chi connectivity index (χ0) is 24.2. The number of benzene rings is 2. The molecule has 3 fully saturated rings. The molecule has 35 heavy (non-hydrogen) atoms. The zero-order valence-electron chi connectivity index (χ0n) is 20.0. The Morgan fingerprint density at radius 3 is 2.49 bits per heavy atom. The minimum atomic E-state index is -4.37. The smallest absolute Gasteiger partial charge is 0.382 e. The molecule has 1 spiro atoms. The van der Waals surface area contributed by atoms with E-state index in [9.17, 15) is 13.2 Å². The maximum Gasteiger partial charge on any atom is 0.416 e. The van der Waals surface area contributed by atoms with Crippen LogP contribution in [0.4, 0.5) is 24.5 Å². The maximum absolute atomic E-state index is 13.8. The van der Waals surface area contributed by atoms with Crippen molar-refractivity contribution >= 4 is 23.1 Å². The van der Waals surface area contributed by atoms with Crippen molar-refractivity contribution in [2.24, 2.45) is 11.1 Å². The van der Waals surface area contributed by atoms with Crippen molar-refractivity contribution < 1.29 is 13.2 Å². The lowest BCUT2D eigenvalue weighted by Gasteiger charge is -2.57. The molecule has 3 N–H and O–H groups in total. The number of piperidine rings is 1. The van der Waals surface area contributed by atoms with Crippen molar-refractivity contribution in [1.82, 2.24) is 4.90 Å². The summed E-state index contributed by atoms with van der Waals surface area (Å²) >= 11 is 1.49. The fraction of sp³-hybridized carbons (Fsp3) is 0.556. The van der Waals surface area contributed by atoms with Gasteiger partial charge in [0.2, 0.25) is 0 Å². The molecule has 1 aliphatic carbocycles. The molecule has 0 radical (unpaired) electrons. The molecule has 3 heterocycles. The van der Waals surface area contributed by atoms with Gasteiger partial charge in [-0.2, -0.15) is 13.2 Å². The summed E-state index contributed by atoms with van der Waals surface area (Å²) in [7, 11) is 0. The Morgan fingerprint density at radius 1 is 1.06 bits per heavy atom. The monoisotopic (exact) mass is 502 g/mol. The number of likely N-dealkylation sites (tertiary alicyclic amines) is 1. The fourth-order valence-electron chi connectivity index (χ4n) is 6.14. The number of alkyl halides is 3. The topological polar surface area (TPSA) is 44.5 Å². The summed E-state index contributed by atoms with van der Waals surface area (Å²) in [5.74, 6) is 0. The molecule has 0 unspecified atom stereocenters. The van der Waals surface area contributed by atoms with Gasteiger partial charge in [-0.15, -0.1) is 0 Å². The number of fused-ring (bicyclic) bond motifs is 2. The highest BCUT2D eigenvalue weighted by Gasteiger charge is 2.47. The van der Waals surface area contributed by atoms with Gasteiger partial charge in [0.05, 0.1) is 5.56 Å².